The molecular weight excluding hydrogens is 294 g/mol. The largest absolute Gasteiger partial charge is 0.384 e. The predicted molar refractivity (Wildman–Crippen MR) is 87.9 cm³/mol. The first-order valence-electron chi connectivity index (χ1n) is 7.72. The van der Waals surface area contributed by atoms with Gasteiger partial charge in [0.15, 0.2) is 0 Å². The van der Waals surface area contributed by atoms with Crippen molar-refractivity contribution in [2.45, 2.75) is 38.4 Å². The minimum Gasteiger partial charge on any atom is -0.384 e. The summed E-state index contributed by atoms with van der Waals surface area (Å²) in [5, 5.41) is 15.9. The van der Waals surface area contributed by atoms with Gasteiger partial charge in [0.25, 0.3) is 0 Å². The molecule has 0 unspecified atom stereocenters. The van der Waals surface area contributed by atoms with E-state index in [9.17, 15) is 9.59 Å². The molecule has 6 N–H and O–H groups in total. The molecule has 7 nitrogen and oxygen atoms in total. The average molecular weight is 317 g/mol. The van der Waals surface area contributed by atoms with Crippen LogP contribution in [0.25, 0.3) is 0 Å². The number of nitrogen functional groups attached to an aromatic ring is 1. The fraction of sp³-hybridized carbons (Fsp3) is 0.438. The highest BCUT2D eigenvalue weighted by molar-refractivity contribution is 5.94. The third kappa shape index (κ3) is 4.79. The molecule has 1 fully saturated rings. The molecule has 1 aromatic rings. The highest BCUT2D eigenvalue weighted by atomic mass is 16.2. The Morgan fingerprint density at radius 3 is 2.65 bits per heavy atom. The number of hydrogen-bond donors (Lipinski definition) is 5. The summed E-state index contributed by atoms with van der Waals surface area (Å²) in [6.45, 7) is 2.87. The van der Waals surface area contributed by atoms with Gasteiger partial charge >= 0.3 is 0 Å². The van der Waals surface area contributed by atoms with E-state index >= 15 is 0 Å². The van der Waals surface area contributed by atoms with E-state index in [4.69, 9.17) is 11.1 Å². The van der Waals surface area contributed by atoms with E-state index in [2.05, 4.69) is 16.0 Å². The maximum absolute atomic E-state index is 12.0. The highest BCUT2D eigenvalue weighted by Crippen LogP contribution is 2.05. The van der Waals surface area contributed by atoms with E-state index in [1.54, 1.807) is 19.1 Å². The minimum absolute atomic E-state index is 0.0115. The van der Waals surface area contributed by atoms with Gasteiger partial charge in [0, 0.05) is 12.1 Å². The summed E-state index contributed by atoms with van der Waals surface area (Å²) in [6, 6.07) is 6.32. The van der Waals surface area contributed by atoms with E-state index in [0.29, 0.717) is 12.1 Å². The maximum Gasteiger partial charge on any atom is 0.242 e. The van der Waals surface area contributed by atoms with E-state index in [1.807, 2.05) is 12.1 Å². The quantitative estimate of drug-likeness (QED) is 0.370. The molecule has 2 rings (SSSR count). The van der Waals surface area contributed by atoms with Crippen LogP contribution >= 0.6 is 0 Å². The van der Waals surface area contributed by atoms with Crippen LogP contribution < -0.4 is 21.7 Å². The second kappa shape index (κ2) is 7.73. The molecule has 0 bridgehead atoms. The van der Waals surface area contributed by atoms with E-state index in [-0.39, 0.29) is 23.7 Å². The monoisotopic (exact) mass is 317 g/mol. The summed E-state index contributed by atoms with van der Waals surface area (Å²) in [7, 11) is 0. The zero-order chi connectivity index (χ0) is 16.8. The number of hydrogen-bond acceptors (Lipinski definition) is 4. The Morgan fingerprint density at radius 1 is 1.39 bits per heavy atom. The van der Waals surface area contributed by atoms with Crippen LogP contribution in [0.5, 0.6) is 0 Å². The Balaban J connectivity index is 1.79. The lowest BCUT2D eigenvalue weighted by atomic mass is 10.1. The molecule has 124 valence electrons. The van der Waals surface area contributed by atoms with Crippen LogP contribution in [-0.4, -0.2) is 36.3 Å². The Morgan fingerprint density at radius 2 is 2.09 bits per heavy atom. The summed E-state index contributed by atoms with van der Waals surface area (Å²) in [5.74, 6) is -0.347. The van der Waals surface area contributed by atoms with Gasteiger partial charge < -0.3 is 21.7 Å². The molecule has 0 spiro atoms. The van der Waals surface area contributed by atoms with Crippen LogP contribution in [0.2, 0.25) is 0 Å². The Kier molecular flexibility index (Phi) is 5.70. The zero-order valence-corrected chi connectivity index (χ0v) is 13.2. The summed E-state index contributed by atoms with van der Waals surface area (Å²) < 4.78 is 0. The van der Waals surface area contributed by atoms with Crippen molar-refractivity contribution in [2.24, 2.45) is 5.73 Å². The molecule has 23 heavy (non-hydrogen) atoms. The van der Waals surface area contributed by atoms with E-state index < -0.39 is 6.04 Å². The third-order valence-electron chi connectivity index (χ3n) is 3.86. The summed E-state index contributed by atoms with van der Waals surface area (Å²) in [4.78, 5) is 24.0. The molecule has 2 atom stereocenters. The number of nitrogens with two attached hydrogens (primary N) is 1. The second-order valence-electron chi connectivity index (χ2n) is 5.71. The highest BCUT2D eigenvalue weighted by Gasteiger charge is 2.24. The van der Waals surface area contributed by atoms with E-state index in [0.717, 1.165) is 24.9 Å². The molecule has 0 radical (unpaired) electrons. The Labute approximate surface area is 135 Å². The maximum atomic E-state index is 12.0. The number of rotatable bonds is 6. The van der Waals surface area contributed by atoms with Crippen molar-refractivity contribution in [3.8, 4) is 0 Å². The second-order valence-corrected chi connectivity index (χ2v) is 5.71. The molecule has 2 amide bonds. The molecule has 7 heteroatoms. The number of nitrogens with one attached hydrogen (secondary N) is 4. The molecule has 1 aliphatic heterocycles. The lowest BCUT2D eigenvalue weighted by molar-refractivity contribution is -0.129. The van der Waals surface area contributed by atoms with Crippen molar-refractivity contribution >= 4 is 17.6 Å². The third-order valence-corrected chi connectivity index (χ3v) is 3.86. The number of carbonyl (C=O) groups is 2. The normalized spacial score (nSPS) is 18.2. The van der Waals surface area contributed by atoms with E-state index in [1.165, 1.54) is 0 Å². The van der Waals surface area contributed by atoms with Gasteiger partial charge in [0.2, 0.25) is 11.8 Å². The van der Waals surface area contributed by atoms with Crippen molar-refractivity contribution in [1.82, 2.24) is 16.0 Å². The standard InChI is InChI=1S/C16H23N5O2/c1-10(21-16(23)13-3-2-8-19-13)15(22)20-9-11-4-6-12(7-5-11)14(17)18/h4-7,10,13,19H,2-3,8-9H2,1H3,(H3,17,18)(H,20,22)(H,21,23)/t10-,13+/m0/s1. The SMILES string of the molecule is C[C@H](NC(=O)[C@H]1CCCN1)C(=O)NCc1ccc(C(=N)N)cc1. The van der Waals surface area contributed by atoms with Gasteiger partial charge in [-0.15, -0.1) is 0 Å². The van der Waals surface area contributed by atoms with Crippen LogP contribution in [0.15, 0.2) is 24.3 Å². The van der Waals surface area contributed by atoms with Crippen molar-refractivity contribution in [3.63, 3.8) is 0 Å². The molecule has 1 saturated heterocycles. The van der Waals surface area contributed by atoms with Crippen molar-refractivity contribution in [1.29, 1.82) is 5.41 Å². The molecule has 1 aromatic carbocycles. The van der Waals surface area contributed by atoms with Crippen LogP contribution in [0.1, 0.15) is 30.9 Å². The molecule has 0 saturated carbocycles. The molecule has 0 aromatic heterocycles. The van der Waals surface area contributed by atoms with Gasteiger partial charge in [-0.2, -0.15) is 0 Å². The van der Waals surface area contributed by atoms with Crippen LogP contribution in [0, 0.1) is 5.41 Å². The average Bonchev–Trinajstić information content (AvgIpc) is 3.07. The predicted octanol–water partition coefficient (Wildman–Crippen LogP) is -0.156. The Bertz CT molecular complexity index is 579. The number of carbonyl (C=O) groups excluding carboxylic acids is 2. The van der Waals surface area contributed by atoms with Crippen molar-refractivity contribution in [3.05, 3.63) is 35.4 Å². The summed E-state index contributed by atoms with van der Waals surface area (Å²) >= 11 is 0. The smallest absolute Gasteiger partial charge is 0.242 e. The minimum atomic E-state index is -0.582. The van der Waals surface area contributed by atoms with Crippen LogP contribution in [0.4, 0.5) is 0 Å². The van der Waals surface area contributed by atoms with Gasteiger partial charge in [-0.1, -0.05) is 24.3 Å². The Hall–Kier alpha value is -2.41. The van der Waals surface area contributed by atoms with Gasteiger partial charge in [-0.05, 0) is 31.9 Å². The van der Waals surface area contributed by atoms with Crippen LogP contribution in [0.3, 0.4) is 0 Å². The first-order chi connectivity index (χ1) is 11.0. The number of amides is 2. The first-order valence-corrected chi connectivity index (χ1v) is 7.72. The zero-order valence-electron chi connectivity index (χ0n) is 13.2. The van der Waals surface area contributed by atoms with Crippen molar-refractivity contribution < 1.29 is 9.59 Å². The first kappa shape index (κ1) is 17.0. The fourth-order valence-electron chi connectivity index (χ4n) is 2.43. The van der Waals surface area contributed by atoms with Gasteiger partial charge in [0.05, 0.1) is 6.04 Å². The number of benzene rings is 1. The van der Waals surface area contributed by atoms with Gasteiger partial charge in [0.1, 0.15) is 11.9 Å². The molecule has 1 aliphatic rings. The van der Waals surface area contributed by atoms with Crippen molar-refractivity contribution in [2.75, 3.05) is 6.54 Å². The topological polar surface area (TPSA) is 120 Å². The van der Waals surface area contributed by atoms with Crippen LogP contribution in [-0.2, 0) is 16.1 Å². The fourth-order valence-corrected chi connectivity index (χ4v) is 2.43. The van der Waals surface area contributed by atoms with Gasteiger partial charge in [-0.3, -0.25) is 15.0 Å². The lowest BCUT2D eigenvalue weighted by Crippen LogP contribution is -2.49. The lowest BCUT2D eigenvalue weighted by Gasteiger charge is -2.17. The molecule has 0 aliphatic carbocycles. The summed E-state index contributed by atoms with van der Waals surface area (Å²) in [5.41, 5.74) is 6.94. The summed E-state index contributed by atoms with van der Waals surface area (Å²) in [6.07, 6.45) is 1.79. The van der Waals surface area contributed by atoms with Gasteiger partial charge in [-0.25, -0.2) is 0 Å². The molecular formula is C16H23N5O2. The number of amidine groups is 1. The molecule has 1 heterocycles.